The Labute approximate surface area is 161 Å². The highest BCUT2D eigenvalue weighted by molar-refractivity contribution is 7.92. The van der Waals surface area contributed by atoms with Crippen molar-refractivity contribution in [1.82, 2.24) is 4.98 Å². The fourth-order valence-electron chi connectivity index (χ4n) is 2.95. The van der Waals surface area contributed by atoms with Crippen molar-refractivity contribution >= 4 is 38.1 Å². The maximum Gasteiger partial charge on any atom is 0.261 e. The number of aryl methyl sites for hydroxylation is 2. The molecule has 6 nitrogen and oxygen atoms in total. The van der Waals surface area contributed by atoms with E-state index in [1.54, 1.807) is 36.4 Å². The molecule has 0 unspecified atom stereocenters. The molecule has 0 saturated heterocycles. The van der Waals surface area contributed by atoms with Crippen molar-refractivity contribution in [2.24, 2.45) is 0 Å². The number of carbonyl (C=O) groups excluding carboxylic acids is 1. The van der Waals surface area contributed by atoms with Crippen LogP contribution < -0.4 is 10.0 Å². The minimum Gasteiger partial charge on any atom is -0.298 e. The predicted octanol–water partition coefficient (Wildman–Crippen LogP) is 3.68. The number of anilines is 2. The molecule has 0 fully saturated rings. The lowest BCUT2D eigenvalue weighted by Crippen LogP contribution is -2.15. The fraction of sp³-hybridized carbons (Fsp3) is 0.158. The van der Waals surface area contributed by atoms with Crippen LogP contribution in [0.15, 0.2) is 59.5 Å². The average molecular weight is 399 g/mol. The van der Waals surface area contributed by atoms with Gasteiger partial charge in [0.05, 0.1) is 10.6 Å². The van der Waals surface area contributed by atoms with Crippen LogP contribution in [0.4, 0.5) is 10.8 Å². The molecule has 0 atom stereocenters. The predicted molar refractivity (Wildman–Crippen MR) is 106 cm³/mol. The lowest BCUT2D eigenvalue weighted by atomic mass is 10.2. The Balaban J connectivity index is 1.50. The van der Waals surface area contributed by atoms with Gasteiger partial charge in [-0.05, 0) is 49.6 Å². The van der Waals surface area contributed by atoms with E-state index in [0.29, 0.717) is 16.4 Å². The van der Waals surface area contributed by atoms with E-state index in [9.17, 15) is 13.2 Å². The summed E-state index contributed by atoms with van der Waals surface area (Å²) in [6.45, 7) is 0. The van der Waals surface area contributed by atoms with Crippen LogP contribution >= 0.6 is 11.3 Å². The number of sulfonamides is 1. The Morgan fingerprint density at radius 3 is 2.63 bits per heavy atom. The monoisotopic (exact) mass is 399 g/mol. The molecule has 0 radical (unpaired) electrons. The second-order valence-corrected chi connectivity index (χ2v) is 8.96. The Morgan fingerprint density at radius 2 is 1.85 bits per heavy atom. The number of rotatable bonds is 5. The lowest BCUT2D eigenvalue weighted by Gasteiger charge is -2.09. The van der Waals surface area contributed by atoms with Gasteiger partial charge in [0.2, 0.25) is 0 Å². The Bertz CT molecular complexity index is 1070. The van der Waals surface area contributed by atoms with Crippen LogP contribution in [0, 0.1) is 0 Å². The summed E-state index contributed by atoms with van der Waals surface area (Å²) in [5.41, 5.74) is 1.76. The van der Waals surface area contributed by atoms with Crippen LogP contribution in [0.5, 0.6) is 0 Å². The van der Waals surface area contributed by atoms with Gasteiger partial charge in [-0.15, -0.1) is 11.3 Å². The van der Waals surface area contributed by atoms with E-state index in [0.717, 1.165) is 25.0 Å². The van der Waals surface area contributed by atoms with Gasteiger partial charge in [0.1, 0.15) is 0 Å². The van der Waals surface area contributed by atoms with Gasteiger partial charge in [0.25, 0.3) is 15.9 Å². The summed E-state index contributed by atoms with van der Waals surface area (Å²) in [6, 6.07) is 14.5. The molecule has 138 valence electrons. The molecule has 0 bridgehead atoms. The van der Waals surface area contributed by atoms with Crippen molar-refractivity contribution in [3.63, 3.8) is 0 Å². The first kappa shape index (κ1) is 17.7. The van der Waals surface area contributed by atoms with Crippen LogP contribution in [0.2, 0.25) is 0 Å². The van der Waals surface area contributed by atoms with Crippen molar-refractivity contribution in [2.75, 3.05) is 10.0 Å². The SMILES string of the molecule is O=C(Nc1nc2c(s1)CCC2)c1cccc(NS(=O)(=O)c2ccccc2)c1. The third-order valence-corrected chi connectivity index (χ3v) is 6.72. The van der Waals surface area contributed by atoms with Gasteiger partial charge in [0, 0.05) is 16.1 Å². The van der Waals surface area contributed by atoms with Crippen molar-refractivity contribution < 1.29 is 13.2 Å². The van der Waals surface area contributed by atoms with Crippen LogP contribution in [-0.2, 0) is 22.9 Å². The van der Waals surface area contributed by atoms with Gasteiger partial charge < -0.3 is 0 Å². The van der Waals surface area contributed by atoms with Crippen molar-refractivity contribution in [3.8, 4) is 0 Å². The van der Waals surface area contributed by atoms with Gasteiger partial charge >= 0.3 is 0 Å². The smallest absolute Gasteiger partial charge is 0.261 e. The molecule has 4 rings (SSSR count). The first-order valence-corrected chi connectivity index (χ1v) is 10.8. The van der Waals surface area contributed by atoms with E-state index in [1.807, 2.05) is 0 Å². The maximum absolute atomic E-state index is 12.5. The quantitative estimate of drug-likeness (QED) is 0.685. The highest BCUT2D eigenvalue weighted by Gasteiger charge is 2.19. The average Bonchev–Trinajstić information content (AvgIpc) is 3.24. The zero-order valence-electron chi connectivity index (χ0n) is 14.3. The lowest BCUT2D eigenvalue weighted by molar-refractivity contribution is 0.102. The zero-order chi connectivity index (χ0) is 18.9. The van der Waals surface area contributed by atoms with Gasteiger partial charge in [-0.25, -0.2) is 13.4 Å². The number of benzene rings is 2. The summed E-state index contributed by atoms with van der Waals surface area (Å²) in [7, 11) is -3.70. The minimum atomic E-state index is -3.70. The number of nitrogens with one attached hydrogen (secondary N) is 2. The number of amides is 1. The highest BCUT2D eigenvalue weighted by Crippen LogP contribution is 2.30. The van der Waals surface area contributed by atoms with Crippen molar-refractivity contribution in [3.05, 3.63) is 70.7 Å². The maximum atomic E-state index is 12.5. The van der Waals surface area contributed by atoms with Gasteiger partial charge in [-0.1, -0.05) is 24.3 Å². The molecule has 1 amide bonds. The van der Waals surface area contributed by atoms with E-state index in [-0.39, 0.29) is 10.8 Å². The second kappa shape index (κ2) is 7.13. The van der Waals surface area contributed by atoms with Gasteiger partial charge in [-0.3, -0.25) is 14.8 Å². The molecule has 2 aromatic carbocycles. The summed E-state index contributed by atoms with van der Waals surface area (Å²) in [4.78, 5) is 18.4. The van der Waals surface area contributed by atoms with Crippen LogP contribution in [0.1, 0.15) is 27.3 Å². The molecule has 1 aliphatic carbocycles. The molecule has 2 N–H and O–H groups in total. The molecule has 3 aromatic rings. The Kier molecular flexibility index (Phi) is 4.67. The summed E-state index contributed by atoms with van der Waals surface area (Å²) < 4.78 is 27.4. The summed E-state index contributed by atoms with van der Waals surface area (Å²) in [6.07, 6.45) is 3.09. The van der Waals surface area contributed by atoms with Crippen LogP contribution in [-0.4, -0.2) is 19.3 Å². The van der Waals surface area contributed by atoms with Crippen molar-refractivity contribution in [1.29, 1.82) is 0 Å². The first-order chi connectivity index (χ1) is 13.0. The molecule has 27 heavy (non-hydrogen) atoms. The number of hydrogen-bond acceptors (Lipinski definition) is 5. The topological polar surface area (TPSA) is 88.2 Å². The standard InChI is InChI=1S/C19H17N3O3S2/c23-18(21-19-20-16-10-5-11-17(16)26-19)13-6-4-7-14(12-13)22-27(24,25)15-8-2-1-3-9-15/h1-4,6-9,12,22H,5,10-11H2,(H,20,21,23). The van der Waals surface area contributed by atoms with Crippen LogP contribution in [0.25, 0.3) is 0 Å². The first-order valence-electron chi connectivity index (χ1n) is 8.49. The Hall–Kier alpha value is -2.71. The van der Waals surface area contributed by atoms with E-state index in [2.05, 4.69) is 15.0 Å². The van der Waals surface area contributed by atoms with E-state index in [4.69, 9.17) is 0 Å². The third-order valence-electron chi connectivity index (χ3n) is 4.25. The van der Waals surface area contributed by atoms with E-state index in [1.165, 1.54) is 34.4 Å². The largest absolute Gasteiger partial charge is 0.298 e. The normalized spacial score (nSPS) is 13.2. The van der Waals surface area contributed by atoms with Gasteiger partial charge in [-0.2, -0.15) is 0 Å². The molecular weight excluding hydrogens is 382 g/mol. The molecule has 8 heteroatoms. The molecule has 1 aromatic heterocycles. The van der Waals surface area contributed by atoms with Gasteiger partial charge in [0.15, 0.2) is 5.13 Å². The third kappa shape index (κ3) is 3.86. The summed E-state index contributed by atoms with van der Waals surface area (Å²) >= 11 is 1.50. The minimum absolute atomic E-state index is 0.164. The van der Waals surface area contributed by atoms with E-state index >= 15 is 0 Å². The van der Waals surface area contributed by atoms with Crippen molar-refractivity contribution in [2.45, 2.75) is 24.2 Å². The van der Waals surface area contributed by atoms with Crippen LogP contribution in [0.3, 0.4) is 0 Å². The zero-order valence-corrected chi connectivity index (χ0v) is 15.9. The molecular formula is C19H17N3O3S2. The number of fused-ring (bicyclic) bond motifs is 1. The second-order valence-electron chi connectivity index (χ2n) is 6.20. The molecule has 0 saturated carbocycles. The molecule has 1 aliphatic rings. The fourth-order valence-corrected chi connectivity index (χ4v) is 5.07. The summed E-state index contributed by atoms with van der Waals surface area (Å²) in [5.74, 6) is -0.316. The summed E-state index contributed by atoms with van der Waals surface area (Å²) in [5, 5.41) is 3.38. The number of aromatic nitrogens is 1. The molecule has 0 spiro atoms. The van der Waals surface area contributed by atoms with E-state index < -0.39 is 10.0 Å². The number of thiazole rings is 1. The number of nitrogens with zero attached hydrogens (tertiary/aromatic N) is 1. The molecule has 1 heterocycles. The Morgan fingerprint density at radius 1 is 1.04 bits per heavy atom. The number of carbonyl (C=O) groups is 1. The number of hydrogen-bond donors (Lipinski definition) is 2. The highest BCUT2D eigenvalue weighted by atomic mass is 32.2. The molecule has 0 aliphatic heterocycles.